The maximum absolute atomic E-state index is 9.84. The standard InChI is InChI=1S/C69H44N4/c1-45-37-46(44-70)23-30-57(45)55-28-36-67(73-68-34-26-53(49-19-11-5-12-20-49)40-62(68)63-41-54(27-35-69(63)73)50-21-13-6-14-22-50)59(42-55)58-43-56(29-31-64(58)71-2)72-65-32-24-51(47-15-7-3-8-16-47)38-60(65)61-39-52(25-33-66(61)72)48-17-9-4-10-18-48/h3-43H,1H3. The summed E-state index contributed by atoms with van der Waals surface area (Å²) >= 11 is 0. The fourth-order valence-corrected chi connectivity index (χ4v) is 11.0. The molecule has 13 rings (SSSR count). The molecule has 0 N–H and O–H groups in total. The van der Waals surface area contributed by atoms with Gasteiger partial charge in [-0.2, -0.15) is 5.26 Å². The van der Waals surface area contributed by atoms with Crippen LogP contribution in [0.4, 0.5) is 5.69 Å². The summed E-state index contributed by atoms with van der Waals surface area (Å²) in [6.45, 7) is 10.8. The van der Waals surface area contributed by atoms with Crippen LogP contribution in [0.2, 0.25) is 0 Å². The molecule has 0 aliphatic rings. The van der Waals surface area contributed by atoms with Crippen molar-refractivity contribution in [1.82, 2.24) is 9.13 Å². The highest BCUT2D eigenvalue weighted by Crippen LogP contribution is 2.45. The zero-order valence-electron chi connectivity index (χ0n) is 40.0. The summed E-state index contributed by atoms with van der Waals surface area (Å²) < 4.78 is 4.74. The van der Waals surface area contributed by atoms with Gasteiger partial charge in [0.2, 0.25) is 0 Å². The van der Waals surface area contributed by atoms with Crippen LogP contribution in [-0.4, -0.2) is 9.13 Å². The highest BCUT2D eigenvalue weighted by Gasteiger charge is 2.22. The highest BCUT2D eigenvalue weighted by molar-refractivity contribution is 6.14. The molecule has 0 aliphatic heterocycles. The topological polar surface area (TPSA) is 38.0 Å². The summed E-state index contributed by atoms with van der Waals surface area (Å²) in [5.74, 6) is 0. The molecule has 0 unspecified atom stereocenters. The average Bonchev–Trinajstić information content (AvgIpc) is 3.97. The number of hydrogen-bond acceptors (Lipinski definition) is 1. The van der Waals surface area contributed by atoms with Crippen molar-refractivity contribution in [3.63, 3.8) is 0 Å². The maximum Gasteiger partial charge on any atom is 0.195 e. The van der Waals surface area contributed by atoms with Gasteiger partial charge in [0, 0.05) is 27.2 Å². The van der Waals surface area contributed by atoms with Crippen molar-refractivity contribution >= 4 is 49.3 Å². The van der Waals surface area contributed by atoms with Crippen molar-refractivity contribution in [2.75, 3.05) is 0 Å². The van der Waals surface area contributed by atoms with Gasteiger partial charge in [-0.1, -0.05) is 164 Å². The molecular formula is C69H44N4. The molecule has 0 bridgehead atoms. The first-order chi connectivity index (χ1) is 36.0. The molecule has 13 aromatic rings. The quantitative estimate of drug-likeness (QED) is 0.140. The molecule has 0 saturated carbocycles. The summed E-state index contributed by atoms with van der Waals surface area (Å²) in [7, 11) is 0. The molecule has 0 spiro atoms. The van der Waals surface area contributed by atoms with Gasteiger partial charge >= 0.3 is 0 Å². The van der Waals surface area contributed by atoms with E-state index in [1.54, 1.807) is 0 Å². The van der Waals surface area contributed by atoms with Gasteiger partial charge in [-0.25, -0.2) is 4.85 Å². The first-order valence-corrected chi connectivity index (χ1v) is 24.6. The maximum atomic E-state index is 9.84. The third-order valence-electron chi connectivity index (χ3n) is 14.5. The van der Waals surface area contributed by atoms with Gasteiger partial charge in [-0.15, -0.1) is 0 Å². The fraction of sp³-hybridized carbons (Fsp3) is 0.0145. The number of benzene rings is 11. The molecule has 0 amide bonds. The Morgan fingerprint density at radius 2 is 0.781 bits per heavy atom. The van der Waals surface area contributed by atoms with Crippen molar-refractivity contribution in [3.8, 4) is 84.2 Å². The van der Waals surface area contributed by atoms with Gasteiger partial charge in [0.1, 0.15) is 0 Å². The lowest BCUT2D eigenvalue weighted by atomic mass is 9.93. The Kier molecular flexibility index (Phi) is 10.5. The number of aryl methyl sites for hydroxylation is 1. The fourth-order valence-electron chi connectivity index (χ4n) is 11.0. The second kappa shape index (κ2) is 17.8. The summed E-state index contributed by atoms with van der Waals surface area (Å²) in [4.78, 5) is 4.26. The van der Waals surface area contributed by atoms with E-state index in [9.17, 15) is 5.26 Å². The first-order valence-electron chi connectivity index (χ1n) is 24.6. The molecule has 0 saturated heterocycles. The summed E-state index contributed by atoms with van der Waals surface area (Å²) in [5.41, 5.74) is 21.4. The Morgan fingerprint density at radius 1 is 0.356 bits per heavy atom. The number of aromatic nitrogens is 2. The summed E-state index contributed by atoms with van der Waals surface area (Å²) in [6, 6.07) is 90.6. The zero-order chi connectivity index (χ0) is 49.0. The molecule has 4 heteroatoms. The minimum Gasteiger partial charge on any atom is -0.309 e. The van der Waals surface area contributed by atoms with Crippen molar-refractivity contribution < 1.29 is 0 Å². The van der Waals surface area contributed by atoms with Crippen molar-refractivity contribution in [2.24, 2.45) is 0 Å². The van der Waals surface area contributed by atoms with Gasteiger partial charge < -0.3 is 9.13 Å². The second-order valence-electron chi connectivity index (χ2n) is 18.7. The van der Waals surface area contributed by atoms with Gasteiger partial charge in [-0.05, 0) is 164 Å². The number of fused-ring (bicyclic) bond motifs is 6. The van der Waals surface area contributed by atoms with Crippen LogP contribution in [0, 0.1) is 24.8 Å². The second-order valence-corrected chi connectivity index (χ2v) is 18.7. The van der Waals surface area contributed by atoms with Crippen LogP contribution in [0.3, 0.4) is 0 Å². The van der Waals surface area contributed by atoms with E-state index in [1.807, 2.05) is 24.3 Å². The monoisotopic (exact) mass is 928 g/mol. The highest BCUT2D eigenvalue weighted by atomic mass is 15.0. The predicted octanol–water partition coefficient (Wildman–Crippen LogP) is 18.6. The van der Waals surface area contributed by atoms with Crippen LogP contribution in [-0.2, 0) is 0 Å². The molecule has 73 heavy (non-hydrogen) atoms. The van der Waals surface area contributed by atoms with Crippen LogP contribution in [0.1, 0.15) is 11.1 Å². The van der Waals surface area contributed by atoms with E-state index in [1.165, 1.54) is 0 Å². The van der Waals surface area contributed by atoms with E-state index in [-0.39, 0.29) is 0 Å². The van der Waals surface area contributed by atoms with E-state index < -0.39 is 0 Å². The molecule has 2 heterocycles. The summed E-state index contributed by atoms with van der Waals surface area (Å²) in [5, 5.41) is 14.4. The Balaban J connectivity index is 1.08. The van der Waals surface area contributed by atoms with E-state index in [0.29, 0.717) is 11.3 Å². The Morgan fingerprint density at radius 3 is 1.19 bits per heavy atom. The average molecular weight is 929 g/mol. The van der Waals surface area contributed by atoms with E-state index in [2.05, 4.69) is 251 Å². The Labute approximate surface area is 424 Å². The van der Waals surface area contributed by atoms with Crippen molar-refractivity contribution in [2.45, 2.75) is 6.92 Å². The number of nitriles is 1. The lowest BCUT2D eigenvalue weighted by Gasteiger charge is -2.19. The molecule has 0 aliphatic carbocycles. The SMILES string of the molecule is [C-]#[N+]c1ccc(-n2c3ccc(-c4ccccc4)cc3c3cc(-c4ccccc4)ccc32)cc1-c1cc(-c2ccc(C#N)cc2C)ccc1-n1c2ccc(-c3ccccc3)cc2c2cc(-c3ccccc3)ccc21. The zero-order valence-corrected chi connectivity index (χ0v) is 40.0. The number of hydrogen-bond donors (Lipinski definition) is 0. The largest absolute Gasteiger partial charge is 0.309 e. The Hall–Kier alpha value is -10.0. The van der Waals surface area contributed by atoms with E-state index >= 15 is 0 Å². The molecule has 0 radical (unpaired) electrons. The van der Waals surface area contributed by atoms with E-state index in [0.717, 1.165) is 127 Å². The van der Waals surface area contributed by atoms with Crippen molar-refractivity contribution in [1.29, 1.82) is 5.26 Å². The third-order valence-corrected chi connectivity index (χ3v) is 14.5. The smallest absolute Gasteiger partial charge is 0.195 e. The molecule has 11 aromatic carbocycles. The van der Waals surface area contributed by atoms with Gasteiger partial charge in [0.25, 0.3) is 0 Å². The lowest BCUT2D eigenvalue weighted by Crippen LogP contribution is -2.00. The summed E-state index contributed by atoms with van der Waals surface area (Å²) in [6.07, 6.45) is 0. The van der Waals surface area contributed by atoms with Crippen LogP contribution in [0.5, 0.6) is 0 Å². The minimum absolute atomic E-state index is 0.552. The van der Waals surface area contributed by atoms with Crippen LogP contribution in [0.25, 0.3) is 127 Å². The van der Waals surface area contributed by atoms with Gasteiger partial charge in [0.15, 0.2) is 5.69 Å². The minimum atomic E-state index is 0.552. The Bertz CT molecular complexity index is 4180. The predicted molar refractivity (Wildman–Crippen MR) is 303 cm³/mol. The number of rotatable bonds is 8. The lowest BCUT2D eigenvalue weighted by molar-refractivity contribution is 1.17. The van der Waals surface area contributed by atoms with Gasteiger partial charge in [-0.3, -0.25) is 0 Å². The third kappa shape index (κ3) is 7.46. The van der Waals surface area contributed by atoms with Crippen LogP contribution < -0.4 is 0 Å². The molecule has 4 nitrogen and oxygen atoms in total. The van der Waals surface area contributed by atoms with Crippen molar-refractivity contribution in [3.05, 3.63) is 271 Å². The van der Waals surface area contributed by atoms with Crippen LogP contribution in [0.15, 0.2) is 249 Å². The van der Waals surface area contributed by atoms with Gasteiger partial charge in [0.05, 0.1) is 46.0 Å². The normalized spacial score (nSPS) is 11.3. The van der Waals surface area contributed by atoms with E-state index in [4.69, 9.17) is 6.57 Å². The molecule has 0 fully saturated rings. The molecular weight excluding hydrogens is 885 g/mol. The molecule has 2 aromatic heterocycles. The molecule has 340 valence electrons. The molecule has 0 atom stereocenters. The first kappa shape index (κ1) is 43.1. The number of nitrogens with zero attached hydrogens (tertiary/aromatic N) is 4. The van der Waals surface area contributed by atoms with Crippen LogP contribution >= 0.6 is 0 Å².